The molecule has 0 radical (unpaired) electrons. The fourth-order valence-corrected chi connectivity index (χ4v) is 6.08. The lowest BCUT2D eigenvalue weighted by Gasteiger charge is -2.37. The number of hydrogen-bond donors (Lipinski definition) is 0. The zero-order valence-corrected chi connectivity index (χ0v) is 17.0. The van der Waals surface area contributed by atoms with Gasteiger partial charge >= 0.3 is 0 Å². The second kappa shape index (κ2) is 6.82. The first-order chi connectivity index (χ1) is 13.6. The van der Waals surface area contributed by atoms with Gasteiger partial charge in [-0.05, 0) is 30.5 Å². The van der Waals surface area contributed by atoms with E-state index < -0.39 is 4.87 Å². The largest absolute Gasteiger partial charge is 0.315 e. The molecule has 1 atom stereocenters. The Labute approximate surface area is 173 Å². The molecule has 1 unspecified atom stereocenters. The number of halogens is 1. The molecular weight excluding hydrogens is 392 g/mol. The Balaban J connectivity index is 1.57. The van der Waals surface area contributed by atoms with E-state index in [1.807, 2.05) is 53.4 Å². The van der Waals surface area contributed by atoms with Gasteiger partial charge in [0, 0.05) is 28.8 Å². The van der Waals surface area contributed by atoms with Crippen LogP contribution in [-0.2, 0) is 21.0 Å². The lowest BCUT2D eigenvalue weighted by molar-refractivity contribution is -0.145. The summed E-state index contributed by atoms with van der Waals surface area (Å²) in [6, 6.07) is 15.5. The van der Waals surface area contributed by atoms with Crippen LogP contribution in [0.3, 0.4) is 0 Å². The minimum atomic E-state index is -0.926. The molecule has 0 N–H and O–H groups in total. The Morgan fingerprint density at radius 1 is 1.14 bits per heavy atom. The number of nitrogens with zero attached hydrogens (tertiary/aromatic N) is 2. The SMILES string of the molecule is O=C(C1CCC1)N1CCSC12C(=O)N(Cc1ccccc1Cl)c1ccccc12. The van der Waals surface area contributed by atoms with Crippen LogP contribution in [0.2, 0.25) is 5.02 Å². The van der Waals surface area contributed by atoms with E-state index in [2.05, 4.69) is 0 Å². The maximum Gasteiger partial charge on any atom is 0.268 e. The van der Waals surface area contributed by atoms with Crippen LogP contribution < -0.4 is 4.90 Å². The van der Waals surface area contributed by atoms with E-state index in [1.54, 1.807) is 16.7 Å². The van der Waals surface area contributed by atoms with Crippen LogP contribution in [-0.4, -0.2) is 29.0 Å². The van der Waals surface area contributed by atoms with Gasteiger partial charge in [-0.3, -0.25) is 9.59 Å². The Bertz CT molecular complexity index is 961. The summed E-state index contributed by atoms with van der Waals surface area (Å²) < 4.78 is 0. The smallest absolute Gasteiger partial charge is 0.268 e. The molecule has 3 aliphatic rings. The van der Waals surface area contributed by atoms with Crippen LogP contribution in [0.4, 0.5) is 5.69 Å². The molecule has 28 heavy (non-hydrogen) atoms. The van der Waals surface area contributed by atoms with Gasteiger partial charge in [-0.2, -0.15) is 0 Å². The standard InChI is InChI=1S/C22H21ClN2O2S/c23-18-10-3-1-6-16(18)14-24-19-11-4-2-9-17(19)22(21(24)27)25(12-13-28-22)20(26)15-7-5-8-15/h1-4,6,9-11,15H,5,7-8,12-14H2. The molecule has 144 valence electrons. The van der Waals surface area contributed by atoms with Gasteiger partial charge in [-0.25, -0.2) is 0 Å². The molecule has 1 saturated heterocycles. The van der Waals surface area contributed by atoms with Gasteiger partial charge in [0.15, 0.2) is 4.87 Å². The quantitative estimate of drug-likeness (QED) is 0.749. The average Bonchev–Trinajstić information content (AvgIpc) is 3.20. The van der Waals surface area contributed by atoms with Crippen molar-refractivity contribution in [2.75, 3.05) is 17.2 Å². The number of thioether (sulfide) groups is 1. The van der Waals surface area contributed by atoms with Gasteiger partial charge in [-0.15, -0.1) is 11.8 Å². The first kappa shape index (κ1) is 18.1. The third-order valence-corrected chi connectivity index (χ3v) is 7.90. The molecule has 2 heterocycles. The molecular formula is C22H21ClN2O2S. The minimum Gasteiger partial charge on any atom is -0.315 e. The van der Waals surface area contributed by atoms with Crippen molar-refractivity contribution < 1.29 is 9.59 Å². The van der Waals surface area contributed by atoms with Crippen LogP contribution in [0.1, 0.15) is 30.4 Å². The summed E-state index contributed by atoms with van der Waals surface area (Å²) in [5.41, 5.74) is 2.72. The van der Waals surface area contributed by atoms with Crippen molar-refractivity contribution in [2.45, 2.75) is 30.7 Å². The van der Waals surface area contributed by atoms with E-state index in [0.717, 1.165) is 41.8 Å². The van der Waals surface area contributed by atoms with Crippen molar-refractivity contribution in [3.63, 3.8) is 0 Å². The van der Waals surface area contributed by atoms with Crippen molar-refractivity contribution in [2.24, 2.45) is 5.92 Å². The lowest BCUT2D eigenvalue weighted by atomic mass is 9.84. The Morgan fingerprint density at radius 3 is 2.64 bits per heavy atom. The van der Waals surface area contributed by atoms with Crippen LogP contribution in [0.25, 0.3) is 0 Å². The van der Waals surface area contributed by atoms with E-state index >= 15 is 0 Å². The Morgan fingerprint density at radius 2 is 1.89 bits per heavy atom. The summed E-state index contributed by atoms with van der Waals surface area (Å²) in [7, 11) is 0. The molecule has 2 fully saturated rings. The zero-order valence-electron chi connectivity index (χ0n) is 15.4. The molecule has 5 rings (SSSR count). The van der Waals surface area contributed by atoms with Crippen LogP contribution in [0, 0.1) is 5.92 Å². The molecule has 1 spiro atoms. The first-order valence-electron chi connectivity index (χ1n) is 9.73. The number of amides is 2. The highest BCUT2D eigenvalue weighted by Crippen LogP contribution is 2.55. The highest BCUT2D eigenvalue weighted by Gasteiger charge is 2.60. The molecule has 2 aromatic carbocycles. The second-order valence-corrected chi connectivity index (χ2v) is 9.30. The van der Waals surface area contributed by atoms with Gasteiger partial charge in [-0.1, -0.05) is 54.4 Å². The number of carbonyl (C=O) groups is 2. The van der Waals surface area contributed by atoms with Gasteiger partial charge in [0.25, 0.3) is 5.91 Å². The maximum absolute atomic E-state index is 13.8. The summed E-state index contributed by atoms with van der Waals surface area (Å²) in [6.07, 6.45) is 2.98. The summed E-state index contributed by atoms with van der Waals surface area (Å²) in [4.78, 5) is 29.7. The summed E-state index contributed by atoms with van der Waals surface area (Å²) in [6.45, 7) is 1.03. The third-order valence-electron chi connectivity index (χ3n) is 6.11. The maximum atomic E-state index is 13.8. The molecule has 4 nitrogen and oxygen atoms in total. The molecule has 0 bridgehead atoms. The Kier molecular flexibility index (Phi) is 4.40. The Hall–Kier alpha value is -1.98. The van der Waals surface area contributed by atoms with E-state index in [1.165, 1.54) is 0 Å². The van der Waals surface area contributed by atoms with Crippen molar-refractivity contribution in [1.82, 2.24) is 4.90 Å². The zero-order chi connectivity index (χ0) is 19.3. The number of hydrogen-bond acceptors (Lipinski definition) is 3. The highest BCUT2D eigenvalue weighted by atomic mass is 35.5. The van der Waals surface area contributed by atoms with E-state index in [0.29, 0.717) is 18.1 Å². The number of anilines is 1. The fraction of sp³-hybridized carbons (Fsp3) is 0.364. The van der Waals surface area contributed by atoms with E-state index in [-0.39, 0.29) is 17.7 Å². The molecule has 2 amide bonds. The van der Waals surface area contributed by atoms with Crippen molar-refractivity contribution in [3.8, 4) is 0 Å². The van der Waals surface area contributed by atoms with Crippen LogP contribution >= 0.6 is 23.4 Å². The summed E-state index contributed by atoms with van der Waals surface area (Å²) in [5, 5.41) is 0.648. The van der Waals surface area contributed by atoms with Crippen LogP contribution in [0.15, 0.2) is 48.5 Å². The van der Waals surface area contributed by atoms with E-state index in [4.69, 9.17) is 11.6 Å². The van der Waals surface area contributed by atoms with Gasteiger partial charge in [0.05, 0.1) is 12.2 Å². The minimum absolute atomic E-state index is 0.0243. The molecule has 1 aliphatic carbocycles. The number of para-hydroxylation sites is 1. The topological polar surface area (TPSA) is 40.6 Å². The predicted octanol–water partition coefficient (Wildman–Crippen LogP) is 4.42. The number of benzene rings is 2. The molecule has 0 aromatic heterocycles. The molecule has 2 aromatic rings. The molecule has 6 heteroatoms. The molecule has 2 aliphatic heterocycles. The van der Waals surface area contributed by atoms with Gasteiger partial charge in [0.1, 0.15) is 0 Å². The van der Waals surface area contributed by atoms with Crippen molar-refractivity contribution >= 4 is 40.9 Å². The first-order valence-corrected chi connectivity index (χ1v) is 11.1. The van der Waals surface area contributed by atoms with Gasteiger partial charge in [0.2, 0.25) is 5.91 Å². The highest BCUT2D eigenvalue weighted by molar-refractivity contribution is 8.01. The number of carbonyl (C=O) groups excluding carboxylic acids is 2. The average molecular weight is 413 g/mol. The number of fused-ring (bicyclic) bond motifs is 2. The lowest BCUT2D eigenvalue weighted by Crippen LogP contribution is -2.52. The monoisotopic (exact) mass is 412 g/mol. The second-order valence-electron chi connectivity index (χ2n) is 7.61. The van der Waals surface area contributed by atoms with E-state index in [9.17, 15) is 9.59 Å². The normalized spacial score (nSPS) is 24.0. The van der Waals surface area contributed by atoms with Crippen molar-refractivity contribution in [3.05, 3.63) is 64.7 Å². The molecule has 1 saturated carbocycles. The number of rotatable bonds is 3. The fourth-order valence-electron chi connectivity index (χ4n) is 4.42. The van der Waals surface area contributed by atoms with Gasteiger partial charge < -0.3 is 9.80 Å². The van der Waals surface area contributed by atoms with Crippen molar-refractivity contribution in [1.29, 1.82) is 0 Å². The third kappa shape index (κ3) is 2.52. The summed E-state index contributed by atoms with van der Waals surface area (Å²) in [5.74, 6) is 0.967. The predicted molar refractivity (Wildman–Crippen MR) is 112 cm³/mol. The summed E-state index contributed by atoms with van der Waals surface area (Å²) >= 11 is 7.96. The van der Waals surface area contributed by atoms with Crippen LogP contribution in [0.5, 0.6) is 0 Å².